The highest BCUT2D eigenvalue weighted by Crippen LogP contribution is 2.41. The van der Waals surface area contributed by atoms with E-state index in [-0.39, 0.29) is 12.4 Å². The molecule has 0 aliphatic carbocycles. The molecule has 0 radical (unpaired) electrons. The van der Waals surface area contributed by atoms with Gasteiger partial charge in [0, 0.05) is 52.2 Å². The fraction of sp³-hybridized carbons (Fsp3) is 0.278. The van der Waals surface area contributed by atoms with Crippen LogP contribution in [0.2, 0.25) is 5.02 Å². The lowest BCUT2D eigenvalue weighted by atomic mass is 9.93. The number of rotatable bonds is 6. The third-order valence-electron chi connectivity index (χ3n) is 7.18. The van der Waals surface area contributed by atoms with Gasteiger partial charge in [0.2, 0.25) is 0 Å². The first kappa shape index (κ1) is 32.3. The fourth-order valence-corrected chi connectivity index (χ4v) is 6.34. The summed E-state index contributed by atoms with van der Waals surface area (Å²) in [6.07, 6.45) is 3.87. The maximum Gasteiger partial charge on any atom is 0.310 e. The highest BCUT2D eigenvalue weighted by molar-refractivity contribution is 7.22. The number of aromatic nitrogens is 4. The quantitative estimate of drug-likeness (QED) is 0.183. The predicted molar refractivity (Wildman–Crippen MR) is 185 cm³/mol. The number of aryl methyl sites for hydroxylation is 3. The fourth-order valence-electron chi connectivity index (χ4n) is 5.08. The molecule has 7 nitrogen and oxygen atoms in total. The van der Waals surface area contributed by atoms with Crippen molar-refractivity contribution in [3.8, 4) is 33.0 Å². The second-order valence-electron chi connectivity index (χ2n) is 12.0. The minimum Gasteiger partial charge on any atom is -0.466 e. The Hall–Kier alpha value is -4.11. The topological polar surface area (TPSA) is 90.1 Å². The van der Waals surface area contributed by atoms with Crippen LogP contribution < -0.4 is 0 Å². The van der Waals surface area contributed by atoms with Gasteiger partial charge in [-0.15, -0.1) is 11.3 Å². The van der Waals surface area contributed by atoms with Gasteiger partial charge in [-0.05, 0) is 101 Å². The van der Waals surface area contributed by atoms with Crippen LogP contribution in [-0.2, 0) is 23.0 Å². The molecule has 0 amide bonds. The standard InChI is InChI=1S/C32H27ClN4O2S.C4H10O/c1-5-39-28(38)16-25-18(2)12-27-30(29(25)20-6-8-24(33)9-7-20)40-32(36-27)21-10-11-34-26(15-21)23-14-22-13-19(3)37(4)31(22)35-17-23;1-4(2,3)5/h6-15,17H,5,16H2,1-4H3;5H,1-3H3. The molecule has 1 N–H and O–H groups in total. The minimum absolute atomic E-state index is 0.189. The Labute approximate surface area is 272 Å². The van der Waals surface area contributed by atoms with Gasteiger partial charge < -0.3 is 14.4 Å². The van der Waals surface area contributed by atoms with E-state index in [9.17, 15) is 4.79 Å². The van der Waals surface area contributed by atoms with Crippen molar-refractivity contribution in [2.45, 2.75) is 53.6 Å². The van der Waals surface area contributed by atoms with Crippen LogP contribution in [0.4, 0.5) is 0 Å². The number of aliphatic hydroxyl groups is 1. The zero-order chi connectivity index (χ0) is 32.5. The predicted octanol–water partition coefficient (Wildman–Crippen LogP) is 8.73. The minimum atomic E-state index is -0.500. The molecule has 0 atom stereocenters. The molecule has 9 heteroatoms. The Morgan fingerprint density at radius 2 is 1.71 bits per heavy atom. The molecule has 0 fully saturated rings. The molecule has 6 aromatic rings. The van der Waals surface area contributed by atoms with Crippen molar-refractivity contribution in [1.82, 2.24) is 19.5 Å². The van der Waals surface area contributed by atoms with Crippen molar-refractivity contribution in [3.63, 3.8) is 0 Å². The Morgan fingerprint density at radius 3 is 2.40 bits per heavy atom. The number of hydrogen-bond acceptors (Lipinski definition) is 7. The average molecular weight is 641 g/mol. The molecule has 0 bridgehead atoms. The maximum atomic E-state index is 12.6. The number of pyridine rings is 2. The molecule has 4 aromatic heterocycles. The maximum absolute atomic E-state index is 12.6. The van der Waals surface area contributed by atoms with E-state index in [2.05, 4.69) is 45.7 Å². The number of ether oxygens (including phenoxy) is 1. The van der Waals surface area contributed by atoms with Crippen molar-refractivity contribution in [2.75, 3.05) is 6.61 Å². The summed E-state index contributed by atoms with van der Waals surface area (Å²) in [5.41, 5.74) is 9.18. The molecular formula is C36H37ClN4O3S. The van der Waals surface area contributed by atoms with Crippen LogP contribution in [0.3, 0.4) is 0 Å². The lowest BCUT2D eigenvalue weighted by molar-refractivity contribution is -0.142. The number of carbonyl (C=O) groups is 1. The molecule has 45 heavy (non-hydrogen) atoms. The molecule has 6 rings (SSSR count). The van der Waals surface area contributed by atoms with Crippen LogP contribution >= 0.6 is 22.9 Å². The van der Waals surface area contributed by atoms with E-state index in [4.69, 9.17) is 26.4 Å². The van der Waals surface area contributed by atoms with E-state index in [0.29, 0.717) is 11.6 Å². The summed E-state index contributed by atoms with van der Waals surface area (Å²) in [5, 5.41) is 11.1. The van der Waals surface area contributed by atoms with Gasteiger partial charge in [-0.2, -0.15) is 0 Å². The number of fused-ring (bicyclic) bond motifs is 2. The zero-order valence-corrected chi connectivity index (χ0v) is 28.2. The molecule has 4 heterocycles. The van der Waals surface area contributed by atoms with Gasteiger partial charge in [0.1, 0.15) is 10.7 Å². The van der Waals surface area contributed by atoms with E-state index in [0.717, 1.165) is 71.0 Å². The summed E-state index contributed by atoms with van der Waals surface area (Å²) in [6, 6.07) is 18.1. The molecule has 0 spiro atoms. The third-order valence-corrected chi connectivity index (χ3v) is 8.57. The third kappa shape index (κ3) is 7.41. The first-order valence-corrected chi connectivity index (χ1v) is 16.0. The molecule has 0 saturated carbocycles. The van der Waals surface area contributed by atoms with Crippen molar-refractivity contribution in [1.29, 1.82) is 0 Å². The Bertz CT molecular complexity index is 2000. The van der Waals surface area contributed by atoms with Crippen LogP contribution in [0.5, 0.6) is 0 Å². The number of hydrogen-bond donors (Lipinski definition) is 1. The van der Waals surface area contributed by atoms with Gasteiger partial charge >= 0.3 is 5.97 Å². The Morgan fingerprint density at radius 1 is 1.00 bits per heavy atom. The molecular weight excluding hydrogens is 604 g/mol. The lowest BCUT2D eigenvalue weighted by Gasteiger charge is -2.14. The summed E-state index contributed by atoms with van der Waals surface area (Å²) in [7, 11) is 2.02. The Balaban J connectivity index is 0.000000743. The number of thiazole rings is 1. The van der Waals surface area contributed by atoms with Crippen molar-refractivity contribution < 1.29 is 14.6 Å². The summed E-state index contributed by atoms with van der Waals surface area (Å²) < 4.78 is 8.40. The first-order chi connectivity index (χ1) is 21.3. The summed E-state index contributed by atoms with van der Waals surface area (Å²) in [4.78, 5) is 26.9. The second kappa shape index (κ2) is 13.1. The van der Waals surface area contributed by atoms with Crippen LogP contribution in [0, 0.1) is 13.8 Å². The van der Waals surface area contributed by atoms with Crippen LogP contribution in [-0.4, -0.2) is 42.8 Å². The molecule has 0 aliphatic heterocycles. The van der Waals surface area contributed by atoms with Crippen molar-refractivity contribution >= 4 is 50.2 Å². The molecule has 0 unspecified atom stereocenters. The van der Waals surface area contributed by atoms with E-state index in [1.54, 1.807) is 32.1 Å². The van der Waals surface area contributed by atoms with E-state index < -0.39 is 5.60 Å². The van der Waals surface area contributed by atoms with E-state index >= 15 is 0 Å². The SMILES string of the molecule is CC(C)(C)O.CCOC(=O)Cc1c(C)cc2nc(-c3ccnc(-c4cnc5c(c4)cc(C)n5C)c3)sc2c1-c1ccc(Cl)cc1. The van der Waals surface area contributed by atoms with E-state index in [1.165, 1.54) is 0 Å². The molecule has 2 aromatic carbocycles. The number of carbonyl (C=O) groups excluding carboxylic acids is 1. The zero-order valence-electron chi connectivity index (χ0n) is 26.6. The van der Waals surface area contributed by atoms with Gasteiger partial charge in [-0.3, -0.25) is 9.78 Å². The largest absolute Gasteiger partial charge is 0.466 e. The van der Waals surface area contributed by atoms with Gasteiger partial charge in [0.15, 0.2) is 0 Å². The Kier molecular flexibility index (Phi) is 9.39. The average Bonchev–Trinajstić information content (AvgIpc) is 3.53. The number of esters is 1. The van der Waals surface area contributed by atoms with Gasteiger partial charge in [0.05, 0.1) is 34.5 Å². The molecule has 232 valence electrons. The highest BCUT2D eigenvalue weighted by Gasteiger charge is 2.20. The van der Waals surface area contributed by atoms with Crippen molar-refractivity contribution in [3.05, 3.63) is 88.8 Å². The summed E-state index contributed by atoms with van der Waals surface area (Å²) >= 11 is 7.82. The van der Waals surface area contributed by atoms with E-state index in [1.807, 2.05) is 63.6 Å². The van der Waals surface area contributed by atoms with Gasteiger partial charge in [-0.1, -0.05) is 23.7 Å². The first-order valence-electron chi connectivity index (χ1n) is 14.8. The normalized spacial score (nSPS) is 11.5. The monoisotopic (exact) mass is 640 g/mol. The smallest absolute Gasteiger partial charge is 0.310 e. The van der Waals surface area contributed by atoms with Crippen LogP contribution in [0.1, 0.15) is 44.5 Å². The van der Waals surface area contributed by atoms with Crippen molar-refractivity contribution in [2.24, 2.45) is 7.05 Å². The summed E-state index contributed by atoms with van der Waals surface area (Å²) in [6.45, 7) is 11.5. The highest BCUT2D eigenvalue weighted by atomic mass is 35.5. The molecule has 0 saturated heterocycles. The van der Waals surface area contributed by atoms with Gasteiger partial charge in [0.25, 0.3) is 0 Å². The number of halogens is 1. The van der Waals surface area contributed by atoms with Crippen LogP contribution in [0.15, 0.2) is 67.0 Å². The lowest BCUT2D eigenvalue weighted by Crippen LogP contribution is -2.10. The second-order valence-corrected chi connectivity index (χ2v) is 13.4. The van der Waals surface area contributed by atoms with Gasteiger partial charge in [-0.25, -0.2) is 9.97 Å². The summed E-state index contributed by atoms with van der Waals surface area (Å²) in [5.74, 6) is -0.247. The number of nitrogens with zero attached hydrogens (tertiary/aromatic N) is 4. The number of benzene rings is 2. The van der Waals surface area contributed by atoms with Crippen LogP contribution in [0.25, 0.3) is 54.2 Å². The molecule has 0 aliphatic rings.